The molecular formula is C15H17N9O. The summed E-state index contributed by atoms with van der Waals surface area (Å²) in [6, 6.07) is 1.64. The van der Waals surface area contributed by atoms with Crippen molar-refractivity contribution in [2.45, 2.75) is 12.5 Å². The minimum atomic E-state index is -0.411. The molecule has 6 N–H and O–H groups in total. The molecule has 25 heavy (non-hydrogen) atoms. The number of hydrogen-bond donors (Lipinski definition) is 4. The third-order valence-corrected chi connectivity index (χ3v) is 4.07. The van der Waals surface area contributed by atoms with Crippen molar-refractivity contribution >= 4 is 34.5 Å². The summed E-state index contributed by atoms with van der Waals surface area (Å²) >= 11 is 0. The molecule has 10 nitrogen and oxygen atoms in total. The van der Waals surface area contributed by atoms with Gasteiger partial charge >= 0.3 is 0 Å². The van der Waals surface area contributed by atoms with Gasteiger partial charge in [0, 0.05) is 19.3 Å². The Morgan fingerprint density at radius 1 is 1.36 bits per heavy atom. The van der Waals surface area contributed by atoms with E-state index in [2.05, 4.69) is 20.1 Å². The zero-order chi connectivity index (χ0) is 17.6. The maximum Gasteiger partial charge on any atom is 0.183 e. The Bertz CT molecular complexity index is 955. The van der Waals surface area contributed by atoms with Gasteiger partial charge in [0.05, 0.1) is 23.7 Å². The standard InChI is InChI=1S/C15H17N9O/c16-9-5-10(17)14(23-3-1-8(25)7-23)22-13(9)20-11-6-19-24-4-2-12(18)21-15(11)24/h2,4-6,8,17,25H,1,3,7,16H2,(H2,18,21)/b17-10?,20-13-. The van der Waals surface area contributed by atoms with E-state index >= 15 is 0 Å². The van der Waals surface area contributed by atoms with E-state index in [4.69, 9.17) is 16.9 Å². The first-order valence-corrected chi connectivity index (χ1v) is 7.78. The van der Waals surface area contributed by atoms with E-state index in [0.717, 1.165) is 0 Å². The summed E-state index contributed by atoms with van der Waals surface area (Å²) in [7, 11) is 0. The van der Waals surface area contributed by atoms with Crippen molar-refractivity contribution in [1.29, 1.82) is 5.41 Å². The third kappa shape index (κ3) is 2.72. The predicted octanol–water partition coefficient (Wildman–Crippen LogP) is -0.317. The van der Waals surface area contributed by atoms with Gasteiger partial charge in [-0.25, -0.2) is 19.5 Å². The van der Waals surface area contributed by atoms with Gasteiger partial charge in [0.2, 0.25) is 0 Å². The molecule has 0 aromatic carbocycles. The number of β-amino-alcohol motifs (C(OH)–C–C–N with tert-alkyl or cyclic N) is 1. The minimum absolute atomic E-state index is 0.202. The van der Waals surface area contributed by atoms with Gasteiger partial charge in [0.1, 0.15) is 11.5 Å². The van der Waals surface area contributed by atoms with Crippen molar-refractivity contribution < 1.29 is 5.11 Å². The highest BCUT2D eigenvalue weighted by Crippen LogP contribution is 2.21. The van der Waals surface area contributed by atoms with Gasteiger partial charge in [-0.05, 0) is 18.6 Å². The second-order valence-corrected chi connectivity index (χ2v) is 5.92. The number of nitrogens with one attached hydrogen (secondary N) is 1. The number of nitrogens with zero attached hydrogens (tertiary/aromatic N) is 6. The summed E-state index contributed by atoms with van der Waals surface area (Å²) in [4.78, 5) is 15.0. The van der Waals surface area contributed by atoms with Gasteiger partial charge in [-0.3, -0.25) is 5.41 Å². The van der Waals surface area contributed by atoms with Gasteiger partial charge in [-0.15, -0.1) is 0 Å². The molecule has 2 aromatic heterocycles. The molecule has 1 unspecified atom stereocenters. The largest absolute Gasteiger partial charge is 0.396 e. The van der Waals surface area contributed by atoms with Gasteiger partial charge in [-0.2, -0.15) is 5.10 Å². The Labute approximate surface area is 142 Å². The fourth-order valence-corrected chi connectivity index (χ4v) is 2.84. The highest BCUT2D eigenvalue weighted by Gasteiger charge is 2.28. The second-order valence-electron chi connectivity index (χ2n) is 5.92. The molecule has 2 aliphatic heterocycles. The first kappa shape index (κ1) is 15.3. The monoisotopic (exact) mass is 339 g/mol. The minimum Gasteiger partial charge on any atom is -0.396 e. The van der Waals surface area contributed by atoms with Crippen molar-refractivity contribution in [3.63, 3.8) is 0 Å². The van der Waals surface area contributed by atoms with Gasteiger partial charge in [0.25, 0.3) is 0 Å². The quantitative estimate of drug-likeness (QED) is 0.558. The van der Waals surface area contributed by atoms with Crippen LogP contribution in [0, 0.1) is 5.41 Å². The first-order chi connectivity index (χ1) is 12.0. The molecule has 1 saturated heterocycles. The lowest BCUT2D eigenvalue weighted by Gasteiger charge is -2.22. The zero-order valence-corrected chi connectivity index (χ0v) is 13.3. The summed E-state index contributed by atoms with van der Waals surface area (Å²) in [5.41, 5.74) is 13.2. The molecule has 4 rings (SSSR count). The molecule has 1 fully saturated rings. The number of fused-ring (bicyclic) bond motifs is 1. The van der Waals surface area contributed by atoms with Crippen molar-refractivity contribution in [3.8, 4) is 0 Å². The fraction of sp³-hybridized carbons (Fsp3) is 0.267. The smallest absolute Gasteiger partial charge is 0.183 e. The Morgan fingerprint density at radius 3 is 2.96 bits per heavy atom. The predicted molar refractivity (Wildman–Crippen MR) is 94.1 cm³/mol. The van der Waals surface area contributed by atoms with Crippen molar-refractivity contribution in [2.75, 3.05) is 18.8 Å². The number of rotatable bonds is 1. The van der Waals surface area contributed by atoms with Gasteiger partial charge in [0.15, 0.2) is 17.3 Å². The summed E-state index contributed by atoms with van der Waals surface area (Å²) in [5, 5.41) is 22.0. The van der Waals surface area contributed by atoms with Crippen LogP contribution in [-0.4, -0.2) is 61.2 Å². The molecule has 0 aliphatic carbocycles. The van der Waals surface area contributed by atoms with Crippen molar-refractivity contribution in [3.05, 3.63) is 30.2 Å². The second kappa shape index (κ2) is 5.67. The van der Waals surface area contributed by atoms with E-state index in [1.807, 2.05) is 4.90 Å². The van der Waals surface area contributed by atoms with Crippen LogP contribution in [0.2, 0.25) is 0 Å². The lowest BCUT2D eigenvalue weighted by Crippen LogP contribution is -2.38. The van der Waals surface area contributed by atoms with Crippen LogP contribution in [0.25, 0.3) is 5.65 Å². The average Bonchev–Trinajstić information content (AvgIpc) is 3.16. The maximum absolute atomic E-state index is 9.72. The average molecular weight is 339 g/mol. The third-order valence-electron chi connectivity index (χ3n) is 4.07. The summed E-state index contributed by atoms with van der Waals surface area (Å²) in [6.45, 7) is 1.08. The Morgan fingerprint density at radius 2 is 2.20 bits per heavy atom. The fourth-order valence-electron chi connectivity index (χ4n) is 2.84. The van der Waals surface area contributed by atoms with E-state index in [1.165, 1.54) is 6.08 Å². The Kier molecular flexibility index (Phi) is 3.46. The number of hydrogen-bond acceptors (Lipinski definition) is 8. The molecule has 128 valence electrons. The molecule has 0 bridgehead atoms. The number of anilines is 1. The SMILES string of the molecule is N=C1C=C(N)/C(=N/c2cnn3ccc(N)nc23)N=C1N1CCC(O)C1. The van der Waals surface area contributed by atoms with E-state index in [9.17, 15) is 5.11 Å². The van der Waals surface area contributed by atoms with Crippen molar-refractivity contribution in [2.24, 2.45) is 15.7 Å². The summed E-state index contributed by atoms with van der Waals surface area (Å²) < 4.78 is 1.56. The van der Waals surface area contributed by atoms with E-state index in [1.54, 1.807) is 23.0 Å². The van der Waals surface area contributed by atoms with Crippen LogP contribution in [0.5, 0.6) is 0 Å². The topological polar surface area (TPSA) is 154 Å². The normalized spacial score (nSPS) is 22.6. The number of amidine groups is 2. The van der Waals surface area contributed by atoms with E-state index in [-0.39, 0.29) is 17.2 Å². The number of aromatic nitrogens is 3. The Hall–Kier alpha value is -3.27. The number of dihydropyridines is 1. The highest BCUT2D eigenvalue weighted by atomic mass is 16.3. The number of nitrogens with two attached hydrogens (primary N) is 2. The van der Waals surface area contributed by atoms with Crippen LogP contribution in [0.4, 0.5) is 11.5 Å². The number of nitrogen functional groups attached to an aromatic ring is 1. The zero-order valence-electron chi connectivity index (χ0n) is 13.3. The summed E-state index contributed by atoms with van der Waals surface area (Å²) in [6.07, 6.45) is 4.99. The molecule has 0 spiro atoms. The molecule has 0 radical (unpaired) electrons. The highest BCUT2D eigenvalue weighted by molar-refractivity contribution is 6.48. The van der Waals surface area contributed by atoms with Crippen LogP contribution in [0.1, 0.15) is 6.42 Å². The first-order valence-electron chi connectivity index (χ1n) is 7.78. The number of likely N-dealkylation sites (tertiary alicyclic amines) is 1. The summed E-state index contributed by atoms with van der Waals surface area (Å²) in [5.74, 6) is 1.10. The molecule has 0 amide bonds. The van der Waals surface area contributed by atoms with Crippen LogP contribution in [-0.2, 0) is 0 Å². The number of aliphatic hydroxyl groups is 1. The Balaban J connectivity index is 1.75. The van der Waals surface area contributed by atoms with Crippen LogP contribution in [0.3, 0.4) is 0 Å². The molecule has 2 aliphatic rings. The number of aliphatic imine (C=N–C) groups is 2. The van der Waals surface area contributed by atoms with E-state index in [0.29, 0.717) is 42.5 Å². The van der Waals surface area contributed by atoms with Crippen LogP contribution < -0.4 is 11.5 Å². The number of aliphatic hydroxyl groups excluding tert-OH is 1. The van der Waals surface area contributed by atoms with Gasteiger partial charge in [-0.1, -0.05) is 0 Å². The van der Waals surface area contributed by atoms with Gasteiger partial charge < -0.3 is 21.5 Å². The van der Waals surface area contributed by atoms with Crippen molar-refractivity contribution in [1.82, 2.24) is 19.5 Å². The molecular weight excluding hydrogens is 322 g/mol. The molecule has 0 saturated carbocycles. The molecule has 10 heteroatoms. The molecule has 1 atom stereocenters. The maximum atomic E-state index is 9.72. The van der Waals surface area contributed by atoms with Crippen LogP contribution >= 0.6 is 0 Å². The lowest BCUT2D eigenvalue weighted by molar-refractivity contribution is 0.188. The molecule has 4 heterocycles. The molecule has 2 aromatic rings. The van der Waals surface area contributed by atoms with E-state index < -0.39 is 6.10 Å². The lowest BCUT2D eigenvalue weighted by atomic mass is 10.2. The van der Waals surface area contributed by atoms with Crippen LogP contribution in [0.15, 0.2) is 40.2 Å².